The van der Waals surface area contributed by atoms with Crippen LogP contribution in [0.2, 0.25) is 0 Å². The number of aromatic nitrogens is 1. The van der Waals surface area contributed by atoms with Crippen molar-refractivity contribution in [2.24, 2.45) is 0 Å². The van der Waals surface area contributed by atoms with Crippen LogP contribution in [0.3, 0.4) is 0 Å². The second-order valence-corrected chi connectivity index (χ2v) is 1.89. The number of rotatable bonds is 1. The molecule has 0 aliphatic carbocycles. The number of hydrogen-bond donors (Lipinski definition) is 1. The van der Waals surface area contributed by atoms with Crippen molar-refractivity contribution in [2.45, 2.75) is 13.5 Å². The topological polar surface area (TPSA) is 42.2 Å². The average Bonchev–Trinajstić information content (AvgIpc) is 2.13. The molecule has 1 radical (unpaired) electrons. The molecule has 0 spiro atoms. The van der Waals surface area contributed by atoms with Crippen LogP contribution in [0.5, 0.6) is 5.75 Å². The molecule has 0 amide bonds. The summed E-state index contributed by atoms with van der Waals surface area (Å²) in [4.78, 5) is 10.9. The largest absolute Gasteiger partial charge is 0.503 e. The van der Waals surface area contributed by atoms with Gasteiger partial charge in [0.25, 0.3) is 5.56 Å². The number of aromatic hydroxyl groups is 1. The number of pyridine rings is 1. The van der Waals surface area contributed by atoms with Crippen LogP contribution in [0, 0.1) is 13.8 Å². The minimum atomic E-state index is -0.391. The van der Waals surface area contributed by atoms with Gasteiger partial charge in [0.15, 0.2) is 5.75 Å². The Morgan fingerprint density at radius 1 is 1.54 bits per heavy atom. The molecule has 0 saturated carbocycles. The summed E-state index contributed by atoms with van der Waals surface area (Å²) in [7, 11) is 0. The molecule has 1 N–H and O–H groups in total. The van der Waals surface area contributed by atoms with Crippen molar-refractivity contribution in [1.29, 1.82) is 0 Å². The molecule has 13 heavy (non-hydrogen) atoms. The Balaban J connectivity index is 0. The Bertz CT molecular complexity index is 283. The predicted molar refractivity (Wildman–Crippen MR) is 48.8 cm³/mol. The van der Waals surface area contributed by atoms with Gasteiger partial charge in [-0.3, -0.25) is 4.79 Å². The molecule has 1 aromatic heterocycles. The summed E-state index contributed by atoms with van der Waals surface area (Å²) in [5.74, 6) is -0.230. The first-order chi connectivity index (χ1) is 5.75. The van der Waals surface area contributed by atoms with Crippen molar-refractivity contribution in [3.05, 3.63) is 42.5 Å². The van der Waals surface area contributed by atoms with Crippen LogP contribution in [0.4, 0.5) is 0 Å². The van der Waals surface area contributed by atoms with Crippen molar-refractivity contribution in [3.63, 3.8) is 0 Å². The van der Waals surface area contributed by atoms with Gasteiger partial charge in [-0.15, -0.1) is 6.54 Å². The van der Waals surface area contributed by atoms with Crippen molar-refractivity contribution < 1.29 is 37.8 Å². The zero-order valence-electron chi connectivity index (χ0n) is 7.73. The second-order valence-electron chi connectivity index (χ2n) is 1.89. The Morgan fingerprint density at radius 3 is 2.46 bits per heavy atom. The van der Waals surface area contributed by atoms with Crippen LogP contribution in [-0.2, 0) is 39.3 Å². The average molecular weight is 256 g/mol. The Labute approximate surface area is 104 Å². The van der Waals surface area contributed by atoms with Gasteiger partial charge in [0.2, 0.25) is 0 Å². The van der Waals surface area contributed by atoms with Gasteiger partial charge in [-0.1, -0.05) is 0 Å². The van der Waals surface area contributed by atoms with E-state index in [-0.39, 0.29) is 38.5 Å². The third-order valence-electron chi connectivity index (χ3n) is 1.24. The predicted octanol–water partition coefficient (Wildman–Crippen LogP) is 1.23. The van der Waals surface area contributed by atoms with Gasteiger partial charge >= 0.3 is 0 Å². The van der Waals surface area contributed by atoms with Crippen LogP contribution < -0.4 is 5.56 Å². The van der Waals surface area contributed by atoms with Gasteiger partial charge in [0.05, 0.1) is 0 Å². The molecule has 4 heteroatoms. The van der Waals surface area contributed by atoms with Gasteiger partial charge < -0.3 is 23.5 Å². The molecule has 0 aliphatic rings. The van der Waals surface area contributed by atoms with Crippen molar-refractivity contribution >= 4 is 0 Å². The molecule has 0 bridgehead atoms. The summed E-state index contributed by atoms with van der Waals surface area (Å²) in [6, 6.07) is 2.95. The first-order valence-corrected chi connectivity index (χ1v) is 3.64. The molecule has 3 nitrogen and oxygen atoms in total. The van der Waals surface area contributed by atoms with Gasteiger partial charge in [0.1, 0.15) is 0 Å². The quantitative estimate of drug-likeness (QED) is 0.768. The normalized spacial score (nSPS) is 7.92. The molecule has 1 heterocycles. The summed E-state index contributed by atoms with van der Waals surface area (Å²) < 4.78 is 1.33. The van der Waals surface area contributed by atoms with E-state index < -0.39 is 5.56 Å². The minimum absolute atomic E-state index is 0. The Morgan fingerprint density at radius 2 is 2.08 bits per heavy atom. The van der Waals surface area contributed by atoms with E-state index in [0.717, 1.165) is 0 Å². The second kappa shape index (κ2) is 8.45. The monoisotopic (exact) mass is 256 g/mol. The molecule has 0 fully saturated rings. The summed E-state index contributed by atoms with van der Waals surface area (Å²) in [5.41, 5.74) is -0.391. The van der Waals surface area contributed by atoms with E-state index in [1.54, 1.807) is 19.2 Å². The minimum Gasteiger partial charge on any atom is -0.503 e. The van der Waals surface area contributed by atoms with Crippen molar-refractivity contribution in [1.82, 2.24) is 4.57 Å². The first-order valence-electron chi connectivity index (χ1n) is 3.64. The Hall–Kier alpha value is -0.146. The zero-order chi connectivity index (χ0) is 9.56. The van der Waals surface area contributed by atoms with E-state index in [9.17, 15) is 4.79 Å². The fourth-order valence-corrected chi connectivity index (χ4v) is 0.700. The molecule has 71 valence electrons. The maximum absolute atomic E-state index is 10.9. The van der Waals surface area contributed by atoms with Gasteiger partial charge in [-0.05, 0) is 12.1 Å². The van der Waals surface area contributed by atoms with Gasteiger partial charge in [-0.25, -0.2) is 0 Å². The molecule has 0 aromatic carbocycles. The van der Waals surface area contributed by atoms with E-state index >= 15 is 0 Å². The fraction of sp³-hybridized carbons (Fsp3) is 0.222. The smallest absolute Gasteiger partial charge is 0.290 e. The van der Waals surface area contributed by atoms with Gasteiger partial charge in [-0.2, -0.15) is 6.92 Å². The molecule has 0 atom stereocenters. The van der Waals surface area contributed by atoms with E-state index in [0.29, 0.717) is 6.54 Å². The molecule has 1 aromatic rings. The van der Waals surface area contributed by atoms with Crippen LogP contribution in [0.15, 0.2) is 23.1 Å². The molecule has 1 rings (SSSR count). The van der Waals surface area contributed by atoms with E-state index in [4.69, 9.17) is 5.11 Å². The zero-order valence-corrected chi connectivity index (χ0v) is 10.6. The molecule has 0 unspecified atom stereocenters. The molecular weight excluding hydrogens is 243 g/mol. The molecule has 0 saturated heterocycles. The maximum Gasteiger partial charge on any atom is 0.290 e. The van der Waals surface area contributed by atoms with Crippen LogP contribution in [0.1, 0.15) is 6.92 Å². The van der Waals surface area contributed by atoms with Crippen LogP contribution in [-0.4, -0.2) is 9.67 Å². The molecule has 0 aliphatic heterocycles. The number of nitrogens with zero attached hydrogens (tertiary/aromatic N) is 1. The SMILES string of the molecule is [CH2-]C.[CH2-]Cn1cccc(O)c1=O.[Y]. The summed E-state index contributed by atoms with van der Waals surface area (Å²) >= 11 is 0. The Kier molecular flexibility index (Phi) is 9.97. The van der Waals surface area contributed by atoms with Crippen molar-refractivity contribution in [3.8, 4) is 5.75 Å². The standard InChI is InChI=1S/C7H8NO2.C2H5.Y/c1-2-8-5-3-4-6(9)7(8)10;1-2;/h3-5,9H,1-2H2;1H2,2H3;/q2*-1;. The van der Waals surface area contributed by atoms with Crippen molar-refractivity contribution in [2.75, 3.05) is 0 Å². The van der Waals surface area contributed by atoms with E-state index in [2.05, 4.69) is 13.8 Å². The number of hydrogen-bond acceptors (Lipinski definition) is 2. The molecular formula is C9H13NO2Y-2. The summed E-state index contributed by atoms with van der Waals surface area (Å²) in [5, 5.41) is 8.87. The van der Waals surface area contributed by atoms with Crippen LogP contribution >= 0.6 is 0 Å². The first kappa shape index (κ1) is 15.3. The summed E-state index contributed by atoms with van der Waals surface area (Å²) in [6.45, 7) is 8.85. The van der Waals surface area contributed by atoms with E-state index in [1.807, 2.05) is 0 Å². The third kappa shape index (κ3) is 4.58. The van der Waals surface area contributed by atoms with Crippen LogP contribution in [0.25, 0.3) is 0 Å². The maximum atomic E-state index is 10.9. The van der Waals surface area contributed by atoms with Gasteiger partial charge in [0, 0.05) is 38.9 Å². The van der Waals surface area contributed by atoms with E-state index in [1.165, 1.54) is 10.6 Å². The fourth-order valence-electron chi connectivity index (χ4n) is 0.700. The summed E-state index contributed by atoms with van der Waals surface area (Å²) in [6.07, 6.45) is 1.58. The third-order valence-corrected chi connectivity index (χ3v) is 1.24.